The number of hydrogen-bond donors (Lipinski definition) is 1. The smallest absolute Gasteiger partial charge is 0.208 e. The first-order chi connectivity index (χ1) is 5.08. The van der Waals surface area contributed by atoms with Gasteiger partial charge in [-0.2, -0.15) is 0 Å². The fraction of sp³-hybridized carbons (Fsp3) is 1.00. The predicted molar refractivity (Wildman–Crippen MR) is 41.8 cm³/mol. The zero-order chi connectivity index (χ0) is 8.32. The fourth-order valence-corrected chi connectivity index (χ4v) is 1.54. The average molecular weight is 179 g/mol. The standard InChI is InChI=1S/C6H13NO3S/c1-11(8,9)7-5-6-3-2-4-10-6/h6-7H,2-5H2,1H3. The Morgan fingerprint density at radius 2 is 2.36 bits per heavy atom. The van der Waals surface area contributed by atoms with E-state index in [9.17, 15) is 8.42 Å². The molecule has 1 aliphatic rings. The highest BCUT2D eigenvalue weighted by atomic mass is 32.2. The third-order valence-corrected chi connectivity index (χ3v) is 2.29. The molecule has 0 radical (unpaired) electrons. The lowest BCUT2D eigenvalue weighted by Crippen LogP contribution is -2.30. The Morgan fingerprint density at radius 3 is 2.82 bits per heavy atom. The van der Waals surface area contributed by atoms with Gasteiger partial charge in [-0.3, -0.25) is 0 Å². The first-order valence-corrected chi connectivity index (χ1v) is 5.53. The van der Waals surface area contributed by atoms with Crippen molar-refractivity contribution in [3.63, 3.8) is 0 Å². The van der Waals surface area contributed by atoms with Crippen LogP contribution in [0.25, 0.3) is 0 Å². The van der Waals surface area contributed by atoms with E-state index in [-0.39, 0.29) is 6.10 Å². The average Bonchev–Trinajstić information content (AvgIpc) is 2.32. The van der Waals surface area contributed by atoms with E-state index in [0.717, 1.165) is 25.7 Å². The summed E-state index contributed by atoms with van der Waals surface area (Å²) in [5, 5.41) is 0. The SMILES string of the molecule is CS(=O)(=O)NCC1CCCO1. The van der Waals surface area contributed by atoms with Crippen molar-refractivity contribution >= 4 is 10.0 Å². The van der Waals surface area contributed by atoms with E-state index in [1.807, 2.05) is 0 Å². The van der Waals surface area contributed by atoms with Crippen LogP contribution in [0.15, 0.2) is 0 Å². The molecule has 1 saturated heterocycles. The van der Waals surface area contributed by atoms with Gasteiger partial charge in [0.15, 0.2) is 0 Å². The summed E-state index contributed by atoms with van der Waals surface area (Å²) >= 11 is 0. The third-order valence-electron chi connectivity index (χ3n) is 1.60. The van der Waals surface area contributed by atoms with Gasteiger partial charge in [-0.05, 0) is 12.8 Å². The molecule has 1 N–H and O–H groups in total. The minimum absolute atomic E-state index is 0.0877. The van der Waals surface area contributed by atoms with Crippen molar-refractivity contribution < 1.29 is 13.2 Å². The molecule has 0 amide bonds. The lowest BCUT2D eigenvalue weighted by Gasteiger charge is -2.08. The summed E-state index contributed by atoms with van der Waals surface area (Å²) < 4.78 is 28.9. The molecule has 1 fully saturated rings. The summed E-state index contributed by atoms with van der Waals surface area (Å²) in [6, 6.07) is 0. The summed E-state index contributed by atoms with van der Waals surface area (Å²) in [5.41, 5.74) is 0. The van der Waals surface area contributed by atoms with Gasteiger partial charge in [-0.15, -0.1) is 0 Å². The predicted octanol–water partition coefficient (Wildman–Crippen LogP) is -0.285. The quantitative estimate of drug-likeness (QED) is 0.648. The zero-order valence-corrected chi connectivity index (χ0v) is 7.36. The van der Waals surface area contributed by atoms with E-state index in [1.54, 1.807) is 0 Å². The molecule has 0 aromatic heterocycles. The molecule has 1 atom stereocenters. The van der Waals surface area contributed by atoms with Crippen molar-refractivity contribution in [2.45, 2.75) is 18.9 Å². The highest BCUT2D eigenvalue weighted by molar-refractivity contribution is 7.88. The summed E-state index contributed by atoms with van der Waals surface area (Å²) in [6.45, 7) is 1.18. The second kappa shape index (κ2) is 3.51. The van der Waals surface area contributed by atoms with Crippen molar-refractivity contribution in [2.24, 2.45) is 0 Å². The van der Waals surface area contributed by atoms with Gasteiger partial charge < -0.3 is 4.74 Å². The lowest BCUT2D eigenvalue weighted by molar-refractivity contribution is 0.114. The molecule has 0 saturated carbocycles. The molecule has 11 heavy (non-hydrogen) atoms. The maximum atomic E-state index is 10.6. The lowest BCUT2D eigenvalue weighted by atomic mass is 10.2. The molecule has 1 rings (SSSR count). The maximum absolute atomic E-state index is 10.6. The van der Waals surface area contributed by atoms with E-state index in [0.29, 0.717) is 6.54 Å². The third kappa shape index (κ3) is 3.69. The van der Waals surface area contributed by atoms with Gasteiger partial charge in [0, 0.05) is 13.2 Å². The molecule has 66 valence electrons. The molecular formula is C6H13NO3S. The summed E-state index contributed by atoms with van der Waals surface area (Å²) in [4.78, 5) is 0. The Kier molecular flexibility index (Phi) is 2.86. The molecule has 5 heteroatoms. The summed E-state index contributed by atoms with van der Waals surface area (Å²) in [6.07, 6.45) is 3.24. The molecule has 1 heterocycles. The molecule has 0 spiro atoms. The topological polar surface area (TPSA) is 55.4 Å². The van der Waals surface area contributed by atoms with Crippen LogP contribution in [0.3, 0.4) is 0 Å². The minimum Gasteiger partial charge on any atom is -0.377 e. The van der Waals surface area contributed by atoms with Crippen molar-refractivity contribution in [3.8, 4) is 0 Å². The molecule has 0 bridgehead atoms. The van der Waals surface area contributed by atoms with Crippen LogP contribution in [0.4, 0.5) is 0 Å². The number of nitrogens with one attached hydrogen (secondary N) is 1. The van der Waals surface area contributed by atoms with Gasteiger partial charge in [-0.25, -0.2) is 13.1 Å². The first kappa shape index (κ1) is 8.96. The van der Waals surface area contributed by atoms with Gasteiger partial charge in [-0.1, -0.05) is 0 Å². The van der Waals surface area contributed by atoms with Crippen LogP contribution in [0.5, 0.6) is 0 Å². The Labute approximate surface area is 67.0 Å². The van der Waals surface area contributed by atoms with Crippen LogP contribution in [0.2, 0.25) is 0 Å². The van der Waals surface area contributed by atoms with Crippen molar-refractivity contribution in [1.29, 1.82) is 0 Å². The van der Waals surface area contributed by atoms with Crippen molar-refractivity contribution in [1.82, 2.24) is 4.72 Å². The van der Waals surface area contributed by atoms with E-state index < -0.39 is 10.0 Å². The normalized spacial score (nSPS) is 25.7. The van der Waals surface area contributed by atoms with Crippen LogP contribution in [-0.4, -0.2) is 33.9 Å². The van der Waals surface area contributed by atoms with Gasteiger partial charge >= 0.3 is 0 Å². The zero-order valence-electron chi connectivity index (χ0n) is 6.54. The molecule has 0 aromatic carbocycles. The minimum atomic E-state index is -3.04. The first-order valence-electron chi connectivity index (χ1n) is 3.64. The van der Waals surface area contributed by atoms with Gasteiger partial charge in [0.2, 0.25) is 10.0 Å². The molecular weight excluding hydrogens is 166 g/mol. The monoisotopic (exact) mass is 179 g/mol. The number of ether oxygens (including phenoxy) is 1. The second-order valence-electron chi connectivity index (χ2n) is 2.76. The van der Waals surface area contributed by atoms with Crippen molar-refractivity contribution in [2.75, 3.05) is 19.4 Å². The van der Waals surface area contributed by atoms with Crippen LogP contribution < -0.4 is 4.72 Å². The second-order valence-corrected chi connectivity index (χ2v) is 4.59. The summed E-state index contributed by atoms with van der Waals surface area (Å²) in [7, 11) is -3.04. The highest BCUT2D eigenvalue weighted by Gasteiger charge is 2.16. The van der Waals surface area contributed by atoms with Crippen LogP contribution >= 0.6 is 0 Å². The number of rotatable bonds is 3. The van der Waals surface area contributed by atoms with Crippen LogP contribution in [0, 0.1) is 0 Å². The molecule has 0 aromatic rings. The van der Waals surface area contributed by atoms with Crippen LogP contribution in [0.1, 0.15) is 12.8 Å². The molecule has 4 nitrogen and oxygen atoms in total. The molecule has 1 aliphatic heterocycles. The van der Waals surface area contributed by atoms with E-state index >= 15 is 0 Å². The van der Waals surface area contributed by atoms with Gasteiger partial charge in [0.05, 0.1) is 12.4 Å². The van der Waals surface area contributed by atoms with E-state index in [1.165, 1.54) is 0 Å². The number of sulfonamides is 1. The largest absolute Gasteiger partial charge is 0.377 e. The summed E-state index contributed by atoms with van der Waals surface area (Å²) in [5.74, 6) is 0. The Balaban J connectivity index is 2.22. The van der Waals surface area contributed by atoms with E-state index in [2.05, 4.69) is 4.72 Å². The number of hydrogen-bond acceptors (Lipinski definition) is 3. The van der Waals surface area contributed by atoms with Crippen molar-refractivity contribution in [3.05, 3.63) is 0 Å². The molecule has 0 aliphatic carbocycles. The highest BCUT2D eigenvalue weighted by Crippen LogP contribution is 2.10. The van der Waals surface area contributed by atoms with Gasteiger partial charge in [0.25, 0.3) is 0 Å². The fourth-order valence-electron chi connectivity index (χ4n) is 1.05. The molecule has 1 unspecified atom stereocenters. The maximum Gasteiger partial charge on any atom is 0.208 e. The Bertz CT molecular complexity index is 206. The van der Waals surface area contributed by atoms with E-state index in [4.69, 9.17) is 4.74 Å². The van der Waals surface area contributed by atoms with Gasteiger partial charge in [0.1, 0.15) is 0 Å². The Morgan fingerprint density at radius 1 is 1.64 bits per heavy atom. The van der Waals surface area contributed by atoms with Crippen LogP contribution in [-0.2, 0) is 14.8 Å². The Hall–Kier alpha value is -0.130.